The molecule has 1 aliphatic rings. The number of rotatable bonds is 1. The molecule has 1 heterocycles. The van der Waals surface area contributed by atoms with Crippen LogP contribution in [-0.4, -0.2) is 11.4 Å². The van der Waals surface area contributed by atoms with Crippen molar-refractivity contribution in [1.82, 2.24) is 0 Å². The lowest BCUT2D eigenvalue weighted by atomic mass is 9.85. The van der Waals surface area contributed by atoms with E-state index in [4.69, 9.17) is 4.74 Å². The summed E-state index contributed by atoms with van der Waals surface area (Å²) in [5, 5.41) is 0. The maximum atomic E-state index is 12.2. The number of fused-ring (bicyclic) bond motifs is 1. The van der Waals surface area contributed by atoms with Gasteiger partial charge >= 0.3 is 0 Å². The molecule has 2 heteroatoms. The van der Waals surface area contributed by atoms with Crippen LogP contribution in [0.1, 0.15) is 57.0 Å². The Bertz CT molecular complexity index is 478. The highest BCUT2D eigenvalue weighted by molar-refractivity contribution is 6.00. The molecule has 18 heavy (non-hydrogen) atoms. The molecule has 0 aliphatic carbocycles. The van der Waals surface area contributed by atoms with Crippen molar-refractivity contribution in [3.05, 3.63) is 29.3 Å². The van der Waals surface area contributed by atoms with Crippen molar-refractivity contribution in [3.63, 3.8) is 0 Å². The van der Waals surface area contributed by atoms with Gasteiger partial charge in [0.25, 0.3) is 0 Å². The molecule has 0 amide bonds. The van der Waals surface area contributed by atoms with Gasteiger partial charge in [-0.1, -0.05) is 20.8 Å². The number of ketones is 1. The van der Waals surface area contributed by atoms with Gasteiger partial charge in [-0.2, -0.15) is 0 Å². The van der Waals surface area contributed by atoms with Crippen molar-refractivity contribution in [2.24, 2.45) is 5.41 Å². The van der Waals surface area contributed by atoms with Crippen LogP contribution in [0.5, 0.6) is 5.75 Å². The fraction of sp³-hybridized carbons (Fsp3) is 0.562. The van der Waals surface area contributed by atoms with Crippen LogP contribution in [0.3, 0.4) is 0 Å². The van der Waals surface area contributed by atoms with Gasteiger partial charge in [-0.3, -0.25) is 4.79 Å². The molecule has 0 unspecified atom stereocenters. The molecule has 2 nitrogen and oxygen atoms in total. The van der Waals surface area contributed by atoms with E-state index in [1.165, 1.54) is 0 Å². The molecule has 0 bridgehead atoms. The molecule has 0 aromatic heterocycles. The third-order valence-electron chi connectivity index (χ3n) is 3.39. The van der Waals surface area contributed by atoms with Crippen molar-refractivity contribution in [3.8, 4) is 5.75 Å². The maximum Gasteiger partial charge on any atom is 0.168 e. The summed E-state index contributed by atoms with van der Waals surface area (Å²) in [6, 6.07) is 5.82. The lowest BCUT2D eigenvalue weighted by Crippen LogP contribution is -2.32. The molecule has 1 aromatic carbocycles. The Morgan fingerprint density at radius 2 is 1.94 bits per heavy atom. The van der Waals surface area contributed by atoms with E-state index in [9.17, 15) is 4.79 Å². The second-order valence-corrected chi connectivity index (χ2v) is 6.76. The zero-order chi connectivity index (χ0) is 13.6. The van der Waals surface area contributed by atoms with E-state index in [0.717, 1.165) is 29.7 Å². The monoisotopic (exact) mass is 246 g/mol. The van der Waals surface area contributed by atoms with Crippen LogP contribution in [-0.2, 0) is 6.42 Å². The van der Waals surface area contributed by atoms with Gasteiger partial charge in [0.2, 0.25) is 0 Å². The number of carbonyl (C=O) groups excluding carboxylic acids is 1. The maximum absolute atomic E-state index is 12.2. The summed E-state index contributed by atoms with van der Waals surface area (Å²) in [5.74, 6) is 1.12. The Morgan fingerprint density at radius 1 is 1.28 bits per heavy atom. The number of aryl methyl sites for hydroxylation is 1. The Morgan fingerprint density at radius 3 is 2.56 bits per heavy atom. The summed E-state index contributed by atoms with van der Waals surface area (Å²) in [7, 11) is 0. The molecule has 0 radical (unpaired) electrons. The molecule has 2 rings (SSSR count). The summed E-state index contributed by atoms with van der Waals surface area (Å²) in [6.45, 7) is 10.1. The molecule has 0 saturated heterocycles. The Hall–Kier alpha value is -1.31. The highest BCUT2D eigenvalue weighted by Crippen LogP contribution is 2.34. The van der Waals surface area contributed by atoms with Gasteiger partial charge in [-0.05, 0) is 50.5 Å². The Balaban J connectivity index is 2.33. The first-order valence-corrected chi connectivity index (χ1v) is 6.56. The second-order valence-electron chi connectivity index (χ2n) is 6.76. The molecule has 1 aromatic rings. The van der Waals surface area contributed by atoms with Crippen LogP contribution in [0.25, 0.3) is 0 Å². The fourth-order valence-corrected chi connectivity index (χ4v) is 2.23. The third kappa shape index (κ3) is 2.58. The minimum Gasteiger partial charge on any atom is -0.488 e. The molecule has 0 saturated carbocycles. The summed E-state index contributed by atoms with van der Waals surface area (Å²) in [6.07, 6.45) is 1.97. The van der Waals surface area contributed by atoms with Crippen LogP contribution in [0.15, 0.2) is 18.2 Å². The van der Waals surface area contributed by atoms with E-state index >= 15 is 0 Å². The van der Waals surface area contributed by atoms with Gasteiger partial charge in [-0.25, -0.2) is 0 Å². The number of carbonyl (C=O) groups is 1. The summed E-state index contributed by atoms with van der Waals surface area (Å²) in [5.41, 5.74) is 1.53. The molecule has 0 fully saturated rings. The number of Topliss-reactive ketones (excluding diaryl/α,β-unsaturated/α-hetero) is 1. The van der Waals surface area contributed by atoms with Gasteiger partial charge in [0.15, 0.2) is 5.78 Å². The van der Waals surface area contributed by atoms with E-state index in [1.54, 1.807) is 0 Å². The average molecular weight is 246 g/mol. The van der Waals surface area contributed by atoms with E-state index < -0.39 is 0 Å². The quantitative estimate of drug-likeness (QED) is 0.700. The molecule has 0 atom stereocenters. The smallest absolute Gasteiger partial charge is 0.168 e. The molecule has 0 spiro atoms. The van der Waals surface area contributed by atoms with Gasteiger partial charge in [0, 0.05) is 11.0 Å². The normalized spacial score (nSPS) is 17.8. The van der Waals surface area contributed by atoms with E-state index in [0.29, 0.717) is 0 Å². The Kier molecular flexibility index (Phi) is 3.00. The lowest BCUT2D eigenvalue weighted by Gasteiger charge is -2.33. The number of benzene rings is 1. The lowest BCUT2D eigenvalue weighted by molar-refractivity contribution is 0.0836. The van der Waals surface area contributed by atoms with Gasteiger partial charge in [0.05, 0.1) is 0 Å². The standard InChI is InChI=1S/C16H22O2/c1-15(2,3)14(17)12-6-7-13-11(10-12)8-9-16(4,5)18-13/h6-7,10H,8-9H2,1-5H3. The predicted octanol–water partition coefficient (Wildman–Crippen LogP) is 4.02. The summed E-state index contributed by atoms with van der Waals surface area (Å²) in [4.78, 5) is 12.2. The van der Waals surface area contributed by atoms with Crippen LogP contribution in [0.2, 0.25) is 0 Å². The average Bonchev–Trinajstić information content (AvgIpc) is 2.25. The number of ether oxygens (including phenoxy) is 1. The first-order chi connectivity index (χ1) is 8.19. The molecular weight excluding hydrogens is 224 g/mol. The SMILES string of the molecule is CC1(C)CCc2cc(C(=O)C(C)(C)C)ccc2O1. The zero-order valence-electron chi connectivity index (χ0n) is 12.0. The molecular formula is C16H22O2. The molecule has 1 aliphatic heterocycles. The van der Waals surface area contributed by atoms with Crippen molar-refractivity contribution in [2.45, 2.75) is 53.1 Å². The minimum absolute atomic E-state index is 0.0947. The van der Waals surface area contributed by atoms with Crippen LogP contribution < -0.4 is 4.74 Å². The van der Waals surface area contributed by atoms with Crippen molar-refractivity contribution >= 4 is 5.78 Å². The van der Waals surface area contributed by atoms with E-state index in [1.807, 2.05) is 39.0 Å². The van der Waals surface area contributed by atoms with E-state index in [2.05, 4.69) is 13.8 Å². The largest absolute Gasteiger partial charge is 0.488 e. The zero-order valence-corrected chi connectivity index (χ0v) is 12.0. The third-order valence-corrected chi connectivity index (χ3v) is 3.39. The molecule has 0 N–H and O–H groups in total. The van der Waals surface area contributed by atoms with Crippen LogP contribution >= 0.6 is 0 Å². The number of hydrogen-bond donors (Lipinski definition) is 0. The first-order valence-electron chi connectivity index (χ1n) is 6.56. The second kappa shape index (κ2) is 4.11. The van der Waals surface area contributed by atoms with Crippen LogP contribution in [0.4, 0.5) is 0 Å². The topological polar surface area (TPSA) is 26.3 Å². The van der Waals surface area contributed by atoms with Gasteiger partial charge in [0.1, 0.15) is 11.4 Å². The number of hydrogen-bond acceptors (Lipinski definition) is 2. The van der Waals surface area contributed by atoms with Crippen molar-refractivity contribution < 1.29 is 9.53 Å². The molecule has 98 valence electrons. The fourth-order valence-electron chi connectivity index (χ4n) is 2.23. The first kappa shape index (κ1) is 13.1. The highest BCUT2D eigenvalue weighted by atomic mass is 16.5. The van der Waals surface area contributed by atoms with Crippen molar-refractivity contribution in [2.75, 3.05) is 0 Å². The van der Waals surface area contributed by atoms with Gasteiger partial charge in [-0.15, -0.1) is 0 Å². The van der Waals surface area contributed by atoms with Gasteiger partial charge < -0.3 is 4.74 Å². The van der Waals surface area contributed by atoms with Crippen LogP contribution in [0, 0.1) is 5.41 Å². The van der Waals surface area contributed by atoms with E-state index in [-0.39, 0.29) is 16.8 Å². The Labute approximate surface area is 109 Å². The predicted molar refractivity (Wildman–Crippen MR) is 73.3 cm³/mol. The summed E-state index contributed by atoms with van der Waals surface area (Å²) < 4.78 is 5.93. The van der Waals surface area contributed by atoms with Crippen molar-refractivity contribution in [1.29, 1.82) is 0 Å². The highest BCUT2D eigenvalue weighted by Gasteiger charge is 2.28. The minimum atomic E-state index is -0.330. The summed E-state index contributed by atoms with van der Waals surface area (Å²) >= 11 is 0.